The Labute approximate surface area is 221 Å². The number of nitrogens with one attached hydrogen (secondary N) is 1. The fourth-order valence-electron chi connectivity index (χ4n) is 4.97. The molecule has 0 amide bonds. The van der Waals surface area contributed by atoms with Crippen LogP contribution in [0.1, 0.15) is 66.9 Å². The van der Waals surface area contributed by atoms with Crippen molar-refractivity contribution in [1.82, 2.24) is 19.8 Å². The molecule has 36 heavy (non-hydrogen) atoms. The third-order valence-corrected chi connectivity index (χ3v) is 8.06. The van der Waals surface area contributed by atoms with Gasteiger partial charge in [0.05, 0.1) is 12.0 Å². The lowest BCUT2D eigenvalue weighted by Crippen LogP contribution is -2.38. The summed E-state index contributed by atoms with van der Waals surface area (Å²) in [6, 6.07) is 7.19. The van der Waals surface area contributed by atoms with E-state index in [0.717, 1.165) is 87.1 Å². The number of nitrogens with zero attached hydrogens (tertiary/aromatic N) is 4. The predicted molar refractivity (Wildman–Crippen MR) is 152 cm³/mol. The molecule has 1 aliphatic rings. The number of likely N-dealkylation sites (tertiary alicyclic amines) is 1. The number of aromatic nitrogens is 2. The number of piperidine rings is 1. The smallest absolute Gasteiger partial charge is 0.139 e. The molecule has 1 saturated heterocycles. The third-order valence-electron chi connectivity index (χ3n) is 6.96. The van der Waals surface area contributed by atoms with E-state index in [9.17, 15) is 0 Å². The molecular formula is C29H43N5OS. The molecule has 0 aliphatic carbocycles. The Hall–Kier alpha value is -2.22. The van der Waals surface area contributed by atoms with Crippen LogP contribution in [0.4, 0.5) is 5.82 Å². The highest BCUT2D eigenvalue weighted by atomic mass is 32.1. The van der Waals surface area contributed by atoms with Gasteiger partial charge in [-0.25, -0.2) is 9.97 Å². The fourth-order valence-corrected chi connectivity index (χ4v) is 6.02. The van der Waals surface area contributed by atoms with E-state index in [1.165, 1.54) is 27.0 Å². The first-order chi connectivity index (χ1) is 17.4. The second-order valence-corrected chi connectivity index (χ2v) is 11.6. The van der Waals surface area contributed by atoms with E-state index in [1.54, 1.807) is 11.3 Å². The Morgan fingerprint density at radius 2 is 1.89 bits per heavy atom. The first kappa shape index (κ1) is 26.8. The molecule has 0 spiro atoms. The molecule has 3 heterocycles. The molecule has 196 valence electrons. The van der Waals surface area contributed by atoms with Crippen molar-refractivity contribution in [1.29, 1.82) is 0 Å². The number of anilines is 1. The highest BCUT2D eigenvalue weighted by molar-refractivity contribution is 7.18. The number of hydrogen-bond acceptors (Lipinski definition) is 7. The van der Waals surface area contributed by atoms with Crippen LogP contribution in [-0.2, 0) is 19.5 Å². The minimum absolute atomic E-state index is 0.447. The maximum Gasteiger partial charge on any atom is 0.139 e. The molecule has 0 atom stereocenters. The van der Waals surface area contributed by atoms with Gasteiger partial charge in [-0.3, -0.25) is 4.90 Å². The summed E-state index contributed by atoms with van der Waals surface area (Å²) in [5.74, 6) is 3.03. The van der Waals surface area contributed by atoms with Crippen LogP contribution in [0.15, 0.2) is 18.2 Å². The van der Waals surface area contributed by atoms with Crippen molar-refractivity contribution in [2.24, 2.45) is 0 Å². The Morgan fingerprint density at radius 1 is 1.11 bits per heavy atom. The molecule has 0 radical (unpaired) electrons. The largest absolute Gasteiger partial charge is 0.493 e. The molecule has 2 aromatic heterocycles. The number of hydrogen-bond donors (Lipinski definition) is 1. The molecule has 1 aliphatic heterocycles. The van der Waals surface area contributed by atoms with Crippen molar-refractivity contribution in [3.8, 4) is 5.75 Å². The van der Waals surface area contributed by atoms with Gasteiger partial charge in [-0.1, -0.05) is 19.9 Å². The van der Waals surface area contributed by atoms with Crippen LogP contribution >= 0.6 is 11.3 Å². The lowest BCUT2D eigenvalue weighted by atomic mass is 10.0. The summed E-state index contributed by atoms with van der Waals surface area (Å²) in [7, 11) is 4.23. The SMILES string of the molecule is CCCOc1ccc(CN2CCC(Nc3nc(CCC)nc4sc(C)c(C)c34)CC2)cc1CN(C)C. The van der Waals surface area contributed by atoms with Gasteiger partial charge < -0.3 is 15.0 Å². The van der Waals surface area contributed by atoms with Gasteiger partial charge >= 0.3 is 0 Å². The second-order valence-electron chi connectivity index (χ2n) is 10.4. The van der Waals surface area contributed by atoms with E-state index >= 15 is 0 Å². The molecule has 0 saturated carbocycles. The van der Waals surface area contributed by atoms with Gasteiger partial charge in [0, 0.05) is 49.1 Å². The number of thiophene rings is 1. The molecule has 4 rings (SSSR count). The van der Waals surface area contributed by atoms with Crippen LogP contribution in [0, 0.1) is 13.8 Å². The average Bonchev–Trinajstić information content (AvgIpc) is 3.13. The summed E-state index contributed by atoms with van der Waals surface area (Å²) in [5.41, 5.74) is 3.96. The van der Waals surface area contributed by atoms with Crippen LogP contribution in [0.5, 0.6) is 5.75 Å². The molecule has 0 bridgehead atoms. The monoisotopic (exact) mass is 509 g/mol. The van der Waals surface area contributed by atoms with Gasteiger partial charge in [0.15, 0.2) is 0 Å². The molecule has 3 aromatic rings. The van der Waals surface area contributed by atoms with E-state index < -0.39 is 0 Å². The van der Waals surface area contributed by atoms with Crippen molar-refractivity contribution >= 4 is 27.4 Å². The summed E-state index contributed by atoms with van der Waals surface area (Å²) in [6.45, 7) is 13.6. The molecule has 1 aromatic carbocycles. The average molecular weight is 510 g/mol. The Kier molecular flexibility index (Phi) is 9.20. The molecule has 7 heteroatoms. The van der Waals surface area contributed by atoms with Crippen LogP contribution in [0.2, 0.25) is 0 Å². The molecule has 1 fully saturated rings. The number of fused-ring (bicyclic) bond motifs is 1. The zero-order chi connectivity index (χ0) is 25.7. The Balaban J connectivity index is 1.40. The maximum absolute atomic E-state index is 6.01. The van der Waals surface area contributed by atoms with E-state index in [4.69, 9.17) is 14.7 Å². The fraction of sp³-hybridized carbons (Fsp3) is 0.586. The first-order valence-electron chi connectivity index (χ1n) is 13.5. The van der Waals surface area contributed by atoms with E-state index in [-0.39, 0.29) is 0 Å². The summed E-state index contributed by atoms with van der Waals surface area (Å²) < 4.78 is 6.01. The normalized spacial score (nSPS) is 15.2. The highest BCUT2D eigenvalue weighted by Gasteiger charge is 2.22. The van der Waals surface area contributed by atoms with Crippen LogP contribution in [0.25, 0.3) is 10.2 Å². The lowest BCUT2D eigenvalue weighted by molar-refractivity contribution is 0.211. The van der Waals surface area contributed by atoms with E-state index in [1.807, 2.05) is 0 Å². The summed E-state index contributed by atoms with van der Waals surface area (Å²) >= 11 is 1.80. The lowest BCUT2D eigenvalue weighted by Gasteiger charge is -2.33. The zero-order valence-electron chi connectivity index (χ0n) is 23.0. The standard InChI is InChI=1S/C29H43N5OS/c1-7-9-26-31-28(27-20(3)21(4)36-29(27)32-26)30-24-12-14-34(15-13-24)18-22-10-11-25(35-16-8-2)23(17-22)19-33(5)6/h10-11,17,24H,7-9,12-16,18-19H2,1-6H3,(H,30,31,32). The van der Waals surface area contributed by atoms with Gasteiger partial charge in [-0.05, 0) is 76.9 Å². The zero-order valence-corrected chi connectivity index (χ0v) is 23.8. The number of benzene rings is 1. The number of ether oxygens (including phenoxy) is 1. The van der Waals surface area contributed by atoms with Gasteiger partial charge in [0.1, 0.15) is 22.2 Å². The Morgan fingerprint density at radius 3 is 2.58 bits per heavy atom. The quantitative estimate of drug-likeness (QED) is 0.333. The molecule has 6 nitrogen and oxygen atoms in total. The van der Waals surface area contributed by atoms with Gasteiger partial charge in [0.25, 0.3) is 0 Å². The van der Waals surface area contributed by atoms with E-state index in [0.29, 0.717) is 6.04 Å². The second kappa shape index (κ2) is 12.3. The summed E-state index contributed by atoms with van der Waals surface area (Å²) in [5, 5.41) is 5.05. The Bertz CT molecular complexity index is 1150. The van der Waals surface area contributed by atoms with Gasteiger partial charge in [-0.2, -0.15) is 0 Å². The molecular weight excluding hydrogens is 466 g/mol. The minimum Gasteiger partial charge on any atom is -0.493 e. The number of aryl methyl sites for hydroxylation is 3. The number of rotatable bonds is 11. The maximum atomic E-state index is 6.01. The summed E-state index contributed by atoms with van der Waals surface area (Å²) in [6.07, 6.45) is 5.27. The van der Waals surface area contributed by atoms with Crippen molar-refractivity contribution in [3.05, 3.63) is 45.6 Å². The third kappa shape index (κ3) is 6.55. The van der Waals surface area contributed by atoms with Gasteiger partial charge in [-0.15, -0.1) is 11.3 Å². The first-order valence-corrected chi connectivity index (χ1v) is 14.3. The topological polar surface area (TPSA) is 53.5 Å². The van der Waals surface area contributed by atoms with Crippen molar-refractivity contribution in [3.63, 3.8) is 0 Å². The highest BCUT2D eigenvalue weighted by Crippen LogP contribution is 2.34. The predicted octanol–water partition coefficient (Wildman–Crippen LogP) is 6.19. The van der Waals surface area contributed by atoms with Crippen LogP contribution < -0.4 is 10.1 Å². The summed E-state index contributed by atoms with van der Waals surface area (Å²) in [4.78, 5) is 17.1. The van der Waals surface area contributed by atoms with Crippen molar-refractivity contribution in [2.75, 3.05) is 39.1 Å². The van der Waals surface area contributed by atoms with Crippen molar-refractivity contribution in [2.45, 2.75) is 78.9 Å². The molecule has 1 N–H and O–H groups in total. The van der Waals surface area contributed by atoms with Gasteiger partial charge in [0.2, 0.25) is 0 Å². The minimum atomic E-state index is 0.447. The van der Waals surface area contributed by atoms with E-state index in [2.05, 4.69) is 75.1 Å². The van der Waals surface area contributed by atoms with Crippen LogP contribution in [-0.4, -0.2) is 59.6 Å². The molecule has 0 unspecified atom stereocenters. The van der Waals surface area contributed by atoms with Crippen LogP contribution in [0.3, 0.4) is 0 Å². The van der Waals surface area contributed by atoms with Crippen molar-refractivity contribution < 1.29 is 4.74 Å².